The molecule has 0 radical (unpaired) electrons. The predicted octanol–water partition coefficient (Wildman–Crippen LogP) is 4.02. The smallest absolute Gasteiger partial charge is 0.410 e. The molecule has 0 bridgehead atoms. The summed E-state index contributed by atoms with van der Waals surface area (Å²) in [6.07, 6.45) is 4.84. The fraction of sp³-hybridized carbons (Fsp3) is 0.649. The minimum atomic E-state index is -4.25. The first-order valence-electron chi connectivity index (χ1n) is 18.7. The van der Waals surface area contributed by atoms with Gasteiger partial charge >= 0.3 is 12.2 Å². The molecule has 3 fully saturated rings. The quantitative estimate of drug-likeness (QED) is 0.340. The molecule has 0 spiro atoms. The molecule has 3 N–H and O–H groups in total. The average molecular weight is 792 g/mol. The summed E-state index contributed by atoms with van der Waals surface area (Å²) < 4.78 is 45.7. The van der Waals surface area contributed by atoms with E-state index in [9.17, 15) is 32.4 Å². The van der Waals surface area contributed by atoms with Crippen LogP contribution in [0.2, 0.25) is 5.02 Å². The highest BCUT2D eigenvalue weighted by Crippen LogP contribution is 2.48. The second-order valence-corrected chi connectivity index (χ2v) is 18.2. The lowest BCUT2D eigenvalue weighted by molar-refractivity contribution is -0.141. The lowest BCUT2D eigenvalue weighted by atomic mass is 10.0. The molecule has 5 atom stereocenters. The Morgan fingerprint density at radius 1 is 1.09 bits per heavy atom. The molecule has 3 aliphatic heterocycles. The van der Waals surface area contributed by atoms with Gasteiger partial charge in [-0.1, -0.05) is 48.7 Å². The maximum atomic E-state index is 14.4. The normalized spacial score (nSPS) is 28.6. The Bertz CT molecular complexity index is 1810. The summed E-state index contributed by atoms with van der Waals surface area (Å²) in [6.45, 7) is 7.26. The molecule has 296 valence electrons. The molecule has 0 unspecified atom stereocenters. The molecule has 5 amide bonds. The van der Waals surface area contributed by atoms with Crippen LogP contribution in [0.3, 0.4) is 0 Å². The number of sulfonamides is 1. The van der Waals surface area contributed by atoms with E-state index in [1.165, 1.54) is 9.80 Å². The van der Waals surface area contributed by atoms with Crippen LogP contribution >= 0.6 is 11.6 Å². The second-order valence-electron chi connectivity index (χ2n) is 15.8. The van der Waals surface area contributed by atoms with Gasteiger partial charge in [-0.05, 0) is 83.4 Å². The van der Waals surface area contributed by atoms with Crippen LogP contribution < -0.4 is 15.4 Å². The van der Waals surface area contributed by atoms with Crippen LogP contribution in [0, 0.1) is 5.92 Å². The monoisotopic (exact) mass is 791 g/mol. The van der Waals surface area contributed by atoms with Gasteiger partial charge in [-0.25, -0.2) is 22.7 Å². The van der Waals surface area contributed by atoms with E-state index in [0.29, 0.717) is 17.9 Å². The van der Waals surface area contributed by atoms with Crippen molar-refractivity contribution in [1.29, 1.82) is 0 Å². The van der Waals surface area contributed by atoms with E-state index in [2.05, 4.69) is 15.4 Å². The Hall–Kier alpha value is -3.89. The van der Waals surface area contributed by atoms with Gasteiger partial charge in [0.1, 0.15) is 29.3 Å². The number of carbonyl (C=O) groups is 5. The number of amides is 5. The topological polar surface area (TPSA) is 190 Å². The molecule has 17 heteroatoms. The summed E-state index contributed by atoms with van der Waals surface area (Å²) >= 11 is 6.36. The first-order chi connectivity index (χ1) is 25.5. The molecule has 2 saturated carbocycles. The Morgan fingerprint density at radius 3 is 2.54 bits per heavy atom. The summed E-state index contributed by atoms with van der Waals surface area (Å²) in [5, 5.41) is 6.03. The van der Waals surface area contributed by atoms with E-state index in [1.54, 1.807) is 39.8 Å². The highest BCUT2D eigenvalue weighted by Gasteiger charge is 2.64. The van der Waals surface area contributed by atoms with Crippen LogP contribution in [0.5, 0.6) is 0 Å². The number of alkyl carbamates (subject to hydrolysis) is 1. The van der Waals surface area contributed by atoms with Crippen molar-refractivity contribution in [3.8, 4) is 0 Å². The zero-order chi connectivity index (χ0) is 39.1. The summed E-state index contributed by atoms with van der Waals surface area (Å²) in [4.78, 5) is 70.3. The molecular weight excluding hydrogens is 742 g/mol. The van der Waals surface area contributed by atoms with E-state index in [4.69, 9.17) is 25.8 Å². The Balaban J connectivity index is 1.26. The number of benzene rings is 1. The average Bonchev–Trinajstić information content (AvgIpc) is 3.91. The number of rotatable bonds is 7. The van der Waals surface area contributed by atoms with Gasteiger partial charge in [-0.3, -0.25) is 19.3 Å². The lowest BCUT2D eigenvalue weighted by Crippen LogP contribution is -2.59. The fourth-order valence-electron chi connectivity index (χ4n) is 7.50. The molecule has 54 heavy (non-hydrogen) atoms. The van der Waals surface area contributed by atoms with Gasteiger partial charge in [0.25, 0.3) is 15.9 Å². The van der Waals surface area contributed by atoms with Crippen molar-refractivity contribution in [2.45, 2.75) is 133 Å². The Morgan fingerprint density at radius 2 is 1.85 bits per heavy atom. The van der Waals surface area contributed by atoms with E-state index >= 15 is 0 Å². The maximum Gasteiger partial charge on any atom is 0.410 e. The fourth-order valence-corrected chi connectivity index (χ4v) is 9.28. The predicted molar refractivity (Wildman–Crippen MR) is 196 cm³/mol. The largest absolute Gasteiger partial charge is 0.444 e. The van der Waals surface area contributed by atoms with Gasteiger partial charge in [0, 0.05) is 30.5 Å². The lowest BCUT2D eigenvalue weighted by Gasteiger charge is -2.30. The number of hydrogen-bond acceptors (Lipinski definition) is 10. The minimum Gasteiger partial charge on any atom is -0.444 e. The number of halogens is 1. The van der Waals surface area contributed by atoms with Crippen molar-refractivity contribution in [2.75, 3.05) is 13.2 Å². The molecular formula is C37H50ClN5O10S. The standard InChI is InChI=1S/C37H50ClN5O10S/c1-5-51-36(16-17-36)54(49,50)41-32(46)37-19-24(37)13-9-7-6-8-10-15-28(39-33(47)53-35(2,3)4)31(45)43-21-25(18-29(43)30(44)40-37)52-34(48)42-20-23-12-11-14-27(38)26(23)22-42/h9,11-14,24-25,28-29H,5-8,10,15-22H2,1-4H3,(H,39,47)(H,40,44)(H,41,46)/b13-9-/t24-,25+,28-,29-,37+/m0/s1. The molecule has 3 heterocycles. The summed E-state index contributed by atoms with van der Waals surface area (Å²) in [5.74, 6) is -2.69. The van der Waals surface area contributed by atoms with Crippen LogP contribution in [-0.2, 0) is 51.7 Å². The molecule has 0 aromatic heterocycles. The van der Waals surface area contributed by atoms with Gasteiger partial charge < -0.3 is 29.7 Å². The number of allylic oxidation sites excluding steroid dienone is 1. The number of carbonyl (C=O) groups excluding carboxylic acids is 5. The number of nitrogens with one attached hydrogen (secondary N) is 3. The van der Waals surface area contributed by atoms with Crippen molar-refractivity contribution in [3.05, 3.63) is 46.5 Å². The molecule has 15 nitrogen and oxygen atoms in total. The zero-order valence-electron chi connectivity index (χ0n) is 31.2. The van der Waals surface area contributed by atoms with Gasteiger partial charge in [0.15, 0.2) is 4.93 Å². The van der Waals surface area contributed by atoms with E-state index < -0.39 is 80.1 Å². The van der Waals surface area contributed by atoms with Crippen molar-refractivity contribution in [3.63, 3.8) is 0 Å². The number of ether oxygens (including phenoxy) is 3. The summed E-state index contributed by atoms with van der Waals surface area (Å²) in [5.41, 5.74) is -0.745. The van der Waals surface area contributed by atoms with E-state index in [1.807, 2.05) is 18.2 Å². The minimum absolute atomic E-state index is 0.103. The number of hydrogen-bond donors (Lipinski definition) is 3. The Kier molecular flexibility index (Phi) is 11.3. The van der Waals surface area contributed by atoms with Crippen molar-refractivity contribution < 1.29 is 46.6 Å². The third-order valence-electron chi connectivity index (χ3n) is 10.6. The van der Waals surface area contributed by atoms with Crippen LogP contribution in [-0.4, -0.2) is 95.5 Å². The van der Waals surface area contributed by atoms with Gasteiger partial charge in [0.2, 0.25) is 11.8 Å². The van der Waals surface area contributed by atoms with E-state index in [0.717, 1.165) is 24.0 Å². The third-order valence-corrected chi connectivity index (χ3v) is 12.9. The second kappa shape index (κ2) is 15.3. The first kappa shape index (κ1) is 39.8. The van der Waals surface area contributed by atoms with Gasteiger partial charge in [0.05, 0.1) is 13.1 Å². The van der Waals surface area contributed by atoms with Gasteiger partial charge in [-0.2, -0.15) is 0 Å². The van der Waals surface area contributed by atoms with E-state index in [-0.39, 0.29) is 58.3 Å². The molecule has 1 aromatic rings. The summed E-state index contributed by atoms with van der Waals surface area (Å²) in [6, 6.07) is 3.13. The Labute approximate surface area is 320 Å². The SMILES string of the molecule is CCOC1(S(=O)(=O)NC(=O)[C@@]23C[C@@H]2/C=C\CCCCC[C@H](NC(=O)OC(C)(C)C)C(=O)N2C[C@H](OC(=O)N4Cc5cccc(Cl)c5C4)C[C@H]2C(=O)N3)CC1. The van der Waals surface area contributed by atoms with Crippen molar-refractivity contribution >= 4 is 51.5 Å². The van der Waals surface area contributed by atoms with Crippen molar-refractivity contribution in [2.24, 2.45) is 5.92 Å². The molecule has 6 rings (SSSR count). The third kappa shape index (κ3) is 8.50. The highest BCUT2D eigenvalue weighted by molar-refractivity contribution is 7.91. The molecule has 5 aliphatic rings. The van der Waals surface area contributed by atoms with Crippen LogP contribution in [0.25, 0.3) is 0 Å². The van der Waals surface area contributed by atoms with Crippen molar-refractivity contribution in [1.82, 2.24) is 25.2 Å². The highest BCUT2D eigenvalue weighted by atomic mass is 35.5. The molecule has 1 saturated heterocycles. The number of fused-ring (bicyclic) bond motifs is 3. The maximum absolute atomic E-state index is 14.4. The van der Waals surface area contributed by atoms with Gasteiger partial charge in [-0.15, -0.1) is 0 Å². The number of nitrogens with zero attached hydrogens (tertiary/aromatic N) is 2. The molecule has 1 aromatic carbocycles. The zero-order valence-corrected chi connectivity index (χ0v) is 32.7. The van der Waals surface area contributed by atoms with Crippen LogP contribution in [0.1, 0.15) is 96.6 Å². The molecule has 2 aliphatic carbocycles. The summed E-state index contributed by atoms with van der Waals surface area (Å²) in [7, 11) is -4.25. The first-order valence-corrected chi connectivity index (χ1v) is 20.5. The van der Waals surface area contributed by atoms with Crippen LogP contribution in [0.15, 0.2) is 30.4 Å². The van der Waals surface area contributed by atoms with Crippen LogP contribution in [0.4, 0.5) is 9.59 Å².